The lowest BCUT2D eigenvalue weighted by atomic mass is 10.3. The van der Waals surface area contributed by atoms with Crippen LogP contribution in [0.1, 0.15) is 5.56 Å². The van der Waals surface area contributed by atoms with Gasteiger partial charge in [-0.2, -0.15) is 0 Å². The zero-order valence-corrected chi connectivity index (χ0v) is 7.07. The maximum atomic E-state index is 5.44. The van der Waals surface area contributed by atoms with Crippen LogP contribution in [0.3, 0.4) is 0 Å². The van der Waals surface area contributed by atoms with E-state index in [9.17, 15) is 0 Å². The largest absolute Gasteiger partial charge is 0.482 e. The molecule has 3 nitrogen and oxygen atoms in total. The van der Waals surface area contributed by atoms with Crippen molar-refractivity contribution in [2.45, 2.75) is 6.54 Å². The molecule has 1 aromatic heterocycles. The summed E-state index contributed by atoms with van der Waals surface area (Å²) in [7, 11) is 1.58. The van der Waals surface area contributed by atoms with Crippen molar-refractivity contribution in [1.29, 1.82) is 0 Å². The Kier molecular flexibility index (Phi) is 2.62. The lowest BCUT2D eigenvalue weighted by molar-refractivity contribution is 0.392. The molecule has 0 aliphatic carbocycles. The molecule has 1 heterocycles. The van der Waals surface area contributed by atoms with E-state index in [0.717, 1.165) is 5.56 Å². The second-order valence-electron chi connectivity index (χ2n) is 2.09. The number of hydrogen-bond donors (Lipinski definition) is 2. The number of aromatic nitrogens is 1. The SMILES string of the molecule is COc1[nH]c(=S)ccc1CN. The number of nitrogens with two attached hydrogens (primary N) is 1. The summed E-state index contributed by atoms with van der Waals surface area (Å²) in [4.78, 5) is 2.89. The molecule has 0 aliphatic heterocycles. The van der Waals surface area contributed by atoms with Gasteiger partial charge >= 0.3 is 0 Å². The Hall–Kier alpha value is -0.870. The summed E-state index contributed by atoms with van der Waals surface area (Å²) >= 11 is 4.90. The minimum Gasteiger partial charge on any atom is -0.482 e. The Morgan fingerprint density at radius 1 is 1.64 bits per heavy atom. The van der Waals surface area contributed by atoms with Gasteiger partial charge in [0.15, 0.2) is 5.88 Å². The van der Waals surface area contributed by atoms with Crippen molar-refractivity contribution in [2.75, 3.05) is 7.11 Å². The molecule has 0 atom stereocenters. The van der Waals surface area contributed by atoms with Crippen LogP contribution in [-0.4, -0.2) is 12.1 Å². The van der Waals surface area contributed by atoms with Gasteiger partial charge in [0.1, 0.15) is 4.64 Å². The summed E-state index contributed by atoms with van der Waals surface area (Å²) in [6.45, 7) is 0.454. The molecular formula is C7H10N2OS. The number of rotatable bonds is 2. The van der Waals surface area contributed by atoms with E-state index in [4.69, 9.17) is 22.7 Å². The molecule has 0 spiro atoms. The van der Waals surface area contributed by atoms with Crippen LogP contribution in [0.25, 0.3) is 0 Å². The third-order valence-corrected chi connectivity index (χ3v) is 1.63. The van der Waals surface area contributed by atoms with E-state index >= 15 is 0 Å². The third-order valence-electron chi connectivity index (χ3n) is 1.39. The summed E-state index contributed by atoms with van der Waals surface area (Å²) < 4.78 is 5.67. The van der Waals surface area contributed by atoms with Crippen LogP contribution in [0.15, 0.2) is 12.1 Å². The minimum absolute atomic E-state index is 0.454. The van der Waals surface area contributed by atoms with Crippen molar-refractivity contribution in [2.24, 2.45) is 5.73 Å². The van der Waals surface area contributed by atoms with Crippen molar-refractivity contribution in [3.8, 4) is 5.88 Å². The highest BCUT2D eigenvalue weighted by molar-refractivity contribution is 7.71. The lowest BCUT2D eigenvalue weighted by Crippen LogP contribution is -2.01. The third kappa shape index (κ3) is 1.78. The van der Waals surface area contributed by atoms with Gasteiger partial charge in [-0.3, -0.25) is 0 Å². The van der Waals surface area contributed by atoms with Crippen molar-refractivity contribution >= 4 is 12.2 Å². The maximum Gasteiger partial charge on any atom is 0.196 e. The molecule has 0 aliphatic rings. The monoisotopic (exact) mass is 170 g/mol. The number of hydrogen-bond acceptors (Lipinski definition) is 3. The van der Waals surface area contributed by atoms with Gasteiger partial charge in [0.2, 0.25) is 0 Å². The lowest BCUT2D eigenvalue weighted by Gasteiger charge is -2.04. The molecule has 0 radical (unpaired) electrons. The van der Waals surface area contributed by atoms with E-state index in [1.807, 2.05) is 6.07 Å². The molecule has 0 bridgehead atoms. The number of pyridine rings is 1. The van der Waals surface area contributed by atoms with Gasteiger partial charge in [-0.25, -0.2) is 0 Å². The number of ether oxygens (including phenoxy) is 1. The van der Waals surface area contributed by atoms with Gasteiger partial charge in [0, 0.05) is 12.1 Å². The first-order valence-electron chi connectivity index (χ1n) is 3.24. The summed E-state index contributed by atoms with van der Waals surface area (Å²) in [6, 6.07) is 3.65. The first kappa shape index (κ1) is 8.23. The van der Waals surface area contributed by atoms with Crippen molar-refractivity contribution < 1.29 is 4.74 Å². The van der Waals surface area contributed by atoms with Crippen LogP contribution in [0.5, 0.6) is 5.88 Å². The van der Waals surface area contributed by atoms with Gasteiger partial charge in [-0.05, 0) is 12.1 Å². The van der Waals surface area contributed by atoms with E-state index in [2.05, 4.69) is 4.98 Å². The number of aromatic amines is 1. The zero-order valence-electron chi connectivity index (χ0n) is 6.26. The van der Waals surface area contributed by atoms with Crippen molar-refractivity contribution in [3.63, 3.8) is 0 Å². The Balaban J connectivity index is 3.16. The molecule has 1 aromatic rings. The van der Waals surface area contributed by atoms with Gasteiger partial charge in [0.05, 0.1) is 7.11 Å². The highest BCUT2D eigenvalue weighted by Crippen LogP contribution is 2.12. The molecule has 0 fully saturated rings. The molecule has 1 rings (SSSR count). The molecule has 0 unspecified atom stereocenters. The molecule has 0 amide bonds. The number of H-pyrrole nitrogens is 1. The average Bonchev–Trinajstić information content (AvgIpc) is 2.04. The Morgan fingerprint density at radius 3 is 2.91 bits per heavy atom. The van der Waals surface area contributed by atoms with E-state index in [0.29, 0.717) is 17.1 Å². The quantitative estimate of drug-likeness (QED) is 0.656. The number of nitrogens with one attached hydrogen (secondary N) is 1. The molecule has 0 saturated heterocycles. The van der Waals surface area contributed by atoms with E-state index < -0.39 is 0 Å². The highest BCUT2D eigenvalue weighted by Gasteiger charge is 1.98. The Bertz CT molecular complexity index is 295. The molecule has 11 heavy (non-hydrogen) atoms. The smallest absolute Gasteiger partial charge is 0.196 e. The Morgan fingerprint density at radius 2 is 2.36 bits per heavy atom. The topological polar surface area (TPSA) is 51.0 Å². The first-order chi connectivity index (χ1) is 5.27. The fraction of sp³-hybridized carbons (Fsp3) is 0.286. The second kappa shape index (κ2) is 3.50. The minimum atomic E-state index is 0.454. The van der Waals surface area contributed by atoms with Gasteiger partial charge < -0.3 is 15.5 Å². The molecule has 0 aromatic carbocycles. The summed E-state index contributed by atoms with van der Waals surface area (Å²) in [6.07, 6.45) is 0. The van der Waals surface area contributed by atoms with E-state index in [1.165, 1.54) is 0 Å². The normalized spacial score (nSPS) is 9.64. The van der Waals surface area contributed by atoms with Crippen molar-refractivity contribution in [3.05, 3.63) is 22.3 Å². The molecule has 0 saturated carbocycles. The zero-order chi connectivity index (χ0) is 8.27. The Labute approximate surface area is 70.2 Å². The van der Waals surface area contributed by atoms with Crippen LogP contribution in [-0.2, 0) is 6.54 Å². The number of methoxy groups -OCH3 is 1. The fourth-order valence-corrected chi connectivity index (χ4v) is 0.989. The molecule has 60 valence electrons. The van der Waals surface area contributed by atoms with Gasteiger partial charge in [-0.1, -0.05) is 12.2 Å². The average molecular weight is 170 g/mol. The summed E-state index contributed by atoms with van der Waals surface area (Å²) in [5.41, 5.74) is 6.37. The molecular weight excluding hydrogens is 160 g/mol. The maximum absolute atomic E-state index is 5.44. The van der Waals surface area contributed by atoms with Crippen LogP contribution < -0.4 is 10.5 Å². The van der Waals surface area contributed by atoms with Gasteiger partial charge in [0.25, 0.3) is 0 Å². The predicted octanol–water partition coefficient (Wildman–Crippen LogP) is 1.21. The first-order valence-corrected chi connectivity index (χ1v) is 3.65. The van der Waals surface area contributed by atoms with Gasteiger partial charge in [-0.15, -0.1) is 0 Å². The summed E-state index contributed by atoms with van der Waals surface area (Å²) in [5.74, 6) is 0.653. The van der Waals surface area contributed by atoms with Crippen LogP contribution in [0.4, 0.5) is 0 Å². The molecule has 3 N–H and O–H groups in total. The molecule has 4 heteroatoms. The summed E-state index contributed by atoms with van der Waals surface area (Å²) in [5, 5.41) is 0. The van der Waals surface area contributed by atoms with Crippen molar-refractivity contribution in [1.82, 2.24) is 4.98 Å². The second-order valence-corrected chi connectivity index (χ2v) is 2.53. The fourth-order valence-electron chi connectivity index (χ4n) is 0.829. The standard InChI is InChI=1S/C7H10N2OS/c1-10-7-5(4-8)2-3-6(11)9-7/h2-3H,4,8H2,1H3,(H,9,11). The van der Waals surface area contributed by atoms with Crippen LogP contribution in [0, 0.1) is 4.64 Å². The van der Waals surface area contributed by atoms with E-state index in [-0.39, 0.29) is 0 Å². The van der Waals surface area contributed by atoms with Crippen LogP contribution >= 0.6 is 12.2 Å². The highest BCUT2D eigenvalue weighted by atomic mass is 32.1. The van der Waals surface area contributed by atoms with E-state index in [1.54, 1.807) is 13.2 Å². The van der Waals surface area contributed by atoms with Crippen LogP contribution in [0.2, 0.25) is 0 Å². The predicted molar refractivity (Wildman–Crippen MR) is 46.1 cm³/mol.